The molecule has 0 saturated carbocycles. The fourth-order valence-electron chi connectivity index (χ4n) is 2.35. The SMILES string of the molecule is CCNc1nc(-c2cccs2)nc(N2CCCCC2)n1. The highest BCUT2D eigenvalue weighted by Crippen LogP contribution is 2.25. The number of nitrogens with zero attached hydrogens (tertiary/aromatic N) is 4. The van der Waals surface area contributed by atoms with Gasteiger partial charge < -0.3 is 10.2 Å². The zero-order valence-corrected chi connectivity index (χ0v) is 12.5. The largest absolute Gasteiger partial charge is 0.354 e. The lowest BCUT2D eigenvalue weighted by molar-refractivity contribution is 0.568. The summed E-state index contributed by atoms with van der Waals surface area (Å²) in [6.07, 6.45) is 3.74. The van der Waals surface area contributed by atoms with Crippen molar-refractivity contribution >= 4 is 23.2 Å². The van der Waals surface area contributed by atoms with Crippen LogP contribution >= 0.6 is 11.3 Å². The van der Waals surface area contributed by atoms with E-state index >= 15 is 0 Å². The molecule has 0 bridgehead atoms. The number of aromatic nitrogens is 3. The average molecular weight is 289 g/mol. The van der Waals surface area contributed by atoms with E-state index < -0.39 is 0 Å². The van der Waals surface area contributed by atoms with Crippen molar-refractivity contribution in [3.05, 3.63) is 17.5 Å². The zero-order valence-electron chi connectivity index (χ0n) is 11.7. The molecule has 6 heteroatoms. The van der Waals surface area contributed by atoms with Crippen LogP contribution in [0.5, 0.6) is 0 Å². The van der Waals surface area contributed by atoms with Crippen molar-refractivity contribution in [1.29, 1.82) is 0 Å². The Morgan fingerprint density at radius 3 is 2.75 bits per heavy atom. The number of anilines is 2. The second-order valence-corrected chi connectivity index (χ2v) is 5.79. The quantitative estimate of drug-likeness (QED) is 0.937. The molecule has 106 valence electrons. The number of nitrogens with one attached hydrogen (secondary N) is 1. The van der Waals surface area contributed by atoms with Crippen LogP contribution in [-0.4, -0.2) is 34.6 Å². The van der Waals surface area contributed by atoms with E-state index in [-0.39, 0.29) is 0 Å². The van der Waals surface area contributed by atoms with Gasteiger partial charge in [-0.3, -0.25) is 0 Å². The highest BCUT2D eigenvalue weighted by Gasteiger charge is 2.16. The molecule has 0 atom stereocenters. The van der Waals surface area contributed by atoms with Crippen LogP contribution in [-0.2, 0) is 0 Å². The van der Waals surface area contributed by atoms with Gasteiger partial charge in [-0.1, -0.05) is 6.07 Å². The van der Waals surface area contributed by atoms with Crippen molar-refractivity contribution < 1.29 is 0 Å². The van der Waals surface area contributed by atoms with Crippen molar-refractivity contribution in [2.75, 3.05) is 29.9 Å². The van der Waals surface area contributed by atoms with Crippen molar-refractivity contribution in [3.8, 4) is 10.7 Å². The minimum absolute atomic E-state index is 0.673. The van der Waals surface area contributed by atoms with Gasteiger partial charge in [0.2, 0.25) is 11.9 Å². The van der Waals surface area contributed by atoms with Crippen LogP contribution in [0.3, 0.4) is 0 Å². The third kappa shape index (κ3) is 2.90. The summed E-state index contributed by atoms with van der Waals surface area (Å²) in [5.41, 5.74) is 0. The second kappa shape index (κ2) is 6.17. The van der Waals surface area contributed by atoms with Crippen LogP contribution < -0.4 is 10.2 Å². The minimum Gasteiger partial charge on any atom is -0.354 e. The molecule has 2 aromatic rings. The molecule has 0 spiro atoms. The molecule has 0 radical (unpaired) electrons. The van der Waals surface area contributed by atoms with Crippen LogP contribution in [0.2, 0.25) is 0 Å². The Bertz CT molecular complexity index is 549. The van der Waals surface area contributed by atoms with E-state index in [1.54, 1.807) is 11.3 Å². The molecule has 1 aliphatic rings. The summed E-state index contributed by atoms with van der Waals surface area (Å²) in [6.45, 7) is 4.95. The molecule has 5 nitrogen and oxygen atoms in total. The first-order valence-electron chi connectivity index (χ1n) is 7.15. The molecule has 0 aromatic carbocycles. The Morgan fingerprint density at radius 1 is 1.20 bits per heavy atom. The lowest BCUT2D eigenvalue weighted by Crippen LogP contribution is -2.31. The van der Waals surface area contributed by atoms with Gasteiger partial charge in [0.15, 0.2) is 5.82 Å². The molecule has 1 aliphatic heterocycles. The summed E-state index contributed by atoms with van der Waals surface area (Å²) in [7, 11) is 0. The molecule has 1 fully saturated rings. The molecule has 0 amide bonds. The summed E-state index contributed by atoms with van der Waals surface area (Å²) < 4.78 is 0. The Kier molecular flexibility index (Phi) is 4.11. The zero-order chi connectivity index (χ0) is 13.8. The predicted molar refractivity (Wildman–Crippen MR) is 83.4 cm³/mol. The molecule has 2 aromatic heterocycles. The molecule has 3 rings (SSSR count). The summed E-state index contributed by atoms with van der Waals surface area (Å²) in [5, 5.41) is 5.25. The topological polar surface area (TPSA) is 53.9 Å². The van der Waals surface area contributed by atoms with Gasteiger partial charge in [0.05, 0.1) is 4.88 Å². The van der Waals surface area contributed by atoms with E-state index in [0.29, 0.717) is 5.95 Å². The maximum atomic E-state index is 4.66. The van der Waals surface area contributed by atoms with Crippen LogP contribution in [0.1, 0.15) is 26.2 Å². The molecule has 3 heterocycles. The van der Waals surface area contributed by atoms with Gasteiger partial charge in [0, 0.05) is 19.6 Å². The van der Waals surface area contributed by atoms with Gasteiger partial charge in [0.1, 0.15) is 0 Å². The van der Waals surface area contributed by atoms with Crippen LogP contribution in [0.15, 0.2) is 17.5 Å². The Morgan fingerprint density at radius 2 is 2.05 bits per heavy atom. The number of hydrogen-bond donors (Lipinski definition) is 1. The fourth-order valence-corrected chi connectivity index (χ4v) is 3.01. The summed E-state index contributed by atoms with van der Waals surface area (Å²) in [4.78, 5) is 17.1. The first-order valence-corrected chi connectivity index (χ1v) is 8.03. The van der Waals surface area contributed by atoms with Gasteiger partial charge in [-0.2, -0.15) is 15.0 Å². The van der Waals surface area contributed by atoms with Gasteiger partial charge in [-0.15, -0.1) is 11.3 Å². The van der Waals surface area contributed by atoms with Crippen LogP contribution in [0.4, 0.5) is 11.9 Å². The second-order valence-electron chi connectivity index (χ2n) is 4.84. The monoisotopic (exact) mass is 289 g/mol. The lowest BCUT2D eigenvalue weighted by atomic mass is 10.1. The maximum Gasteiger partial charge on any atom is 0.230 e. The Balaban J connectivity index is 1.95. The summed E-state index contributed by atoms with van der Waals surface area (Å²) in [6, 6.07) is 4.08. The minimum atomic E-state index is 0.673. The van der Waals surface area contributed by atoms with Gasteiger partial charge in [-0.25, -0.2) is 0 Å². The molecule has 0 unspecified atom stereocenters. The average Bonchev–Trinajstić information content (AvgIpc) is 3.02. The van der Waals surface area contributed by atoms with Gasteiger partial charge in [0.25, 0.3) is 0 Å². The summed E-state index contributed by atoms with van der Waals surface area (Å²) >= 11 is 1.66. The molecule has 20 heavy (non-hydrogen) atoms. The normalized spacial score (nSPS) is 15.3. The van der Waals surface area contributed by atoms with Crippen LogP contribution in [0, 0.1) is 0 Å². The van der Waals surface area contributed by atoms with Crippen molar-refractivity contribution in [3.63, 3.8) is 0 Å². The van der Waals surface area contributed by atoms with E-state index in [1.165, 1.54) is 19.3 Å². The summed E-state index contributed by atoms with van der Waals surface area (Å²) in [5.74, 6) is 2.25. The third-order valence-corrected chi connectivity index (χ3v) is 4.20. The highest BCUT2D eigenvalue weighted by atomic mass is 32.1. The van der Waals surface area contributed by atoms with E-state index in [4.69, 9.17) is 0 Å². The van der Waals surface area contributed by atoms with E-state index in [1.807, 2.05) is 11.4 Å². The lowest BCUT2D eigenvalue weighted by Gasteiger charge is -2.26. The molecular weight excluding hydrogens is 270 g/mol. The van der Waals surface area contributed by atoms with Crippen molar-refractivity contribution in [1.82, 2.24) is 15.0 Å². The third-order valence-electron chi connectivity index (χ3n) is 3.34. The predicted octanol–water partition coefficient (Wildman–Crippen LogP) is 3.02. The molecular formula is C14H19N5S. The van der Waals surface area contributed by atoms with Crippen LogP contribution in [0.25, 0.3) is 10.7 Å². The maximum absolute atomic E-state index is 4.66. The van der Waals surface area contributed by atoms with E-state index in [9.17, 15) is 0 Å². The highest BCUT2D eigenvalue weighted by molar-refractivity contribution is 7.13. The first-order chi connectivity index (χ1) is 9.86. The number of thiophene rings is 1. The number of hydrogen-bond acceptors (Lipinski definition) is 6. The fraction of sp³-hybridized carbons (Fsp3) is 0.500. The Labute approximate surface area is 123 Å². The van der Waals surface area contributed by atoms with Gasteiger partial charge in [-0.05, 0) is 37.6 Å². The Hall–Kier alpha value is -1.69. The van der Waals surface area contributed by atoms with Gasteiger partial charge >= 0.3 is 0 Å². The van der Waals surface area contributed by atoms with Crippen molar-refractivity contribution in [2.45, 2.75) is 26.2 Å². The number of rotatable bonds is 4. The molecule has 1 N–H and O–H groups in total. The first kappa shape index (κ1) is 13.3. The van der Waals surface area contributed by atoms with E-state index in [0.717, 1.165) is 36.3 Å². The number of piperidine rings is 1. The van der Waals surface area contributed by atoms with E-state index in [2.05, 4.69) is 38.2 Å². The molecule has 0 aliphatic carbocycles. The molecule has 1 saturated heterocycles. The standard InChI is InChI=1S/C14H19N5S/c1-2-15-13-16-12(11-7-6-10-20-11)17-14(18-13)19-8-4-3-5-9-19/h6-7,10H,2-5,8-9H2,1H3,(H,15,16,17,18). The van der Waals surface area contributed by atoms with Crippen molar-refractivity contribution in [2.24, 2.45) is 0 Å². The smallest absolute Gasteiger partial charge is 0.230 e.